The van der Waals surface area contributed by atoms with E-state index >= 15 is 0 Å². The number of hydrogen-bond donors (Lipinski definition) is 1. The maximum absolute atomic E-state index is 3.38. The molecule has 86 valence electrons. The molecule has 0 radical (unpaired) electrons. The van der Waals surface area contributed by atoms with Crippen molar-refractivity contribution < 1.29 is 0 Å². The van der Waals surface area contributed by atoms with Gasteiger partial charge in [0.05, 0.1) is 5.52 Å². The number of rotatable bonds is 4. The van der Waals surface area contributed by atoms with Crippen LogP contribution < -0.4 is 5.32 Å². The highest BCUT2D eigenvalue weighted by Gasteiger charge is 2.07. The van der Waals surface area contributed by atoms with Gasteiger partial charge in [0.25, 0.3) is 0 Å². The lowest BCUT2D eigenvalue weighted by Gasteiger charge is -2.01. The molecule has 2 heteroatoms. The molecule has 1 N–H and O–H groups in total. The van der Waals surface area contributed by atoms with E-state index < -0.39 is 0 Å². The van der Waals surface area contributed by atoms with E-state index in [9.17, 15) is 0 Å². The van der Waals surface area contributed by atoms with Crippen molar-refractivity contribution in [3.05, 3.63) is 35.5 Å². The lowest BCUT2D eigenvalue weighted by molar-refractivity contribution is 0.717. The fourth-order valence-electron chi connectivity index (χ4n) is 2.35. The summed E-state index contributed by atoms with van der Waals surface area (Å²) >= 11 is 0. The zero-order chi connectivity index (χ0) is 11.5. The second-order valence-electron chi connectivity index (χ2n) is 4.34. The van der Waals surface area contributed by atoms with Crippen molar-refractivity contribution in [3.63, 3.8) is 0 Å². The Labute approximate surface area is 97.3 Å². The SMILES string of the molecule is CCNCCc1cn(C)c2c(C)cccc12. The van der Waals surface area contributed by atoms with Crippen molar-refractivity contribution in [3.8, 4) is 0 Å². The van der Waals surface area contributed by atoms with Crippen LogP contribution in [0.5, 0.6) is 0 Å². The van der Waals surface area contributed by atoms with Gasteiger partial charge in [0.1, 0.15) is 0 Å². The summed E-state index contributed by atoms with van der Waals surface area (Å²) in [4.78, 5) is 0. The third kappa shape index (κ3) is 1.98. The fourth-order valence-corrected chi connectivity index (χ4v) is 2.35. The van der Waals surface area contributed by atoms with Gasteiger partial charge in [0.2, 0.25) is 0 Å². The molecule has 2 nitrogen and oxygen atoms in total. The highest BCUT2D eigenvalue weighted by atomic mass is 14.9. The molecule has 0 unspecified atom stereocenters. The van der Waals surface area contributed by atoms with Gasteiger partial charge in [-0.05, 0) is 37.6 Å². The van der Waals surface area contributed by atoms with Gasteiger partial charge in [0, 0.05) is 18.6 Å². The van der Waals surface area contributed by atoms with Crippen molar-refractivity contribution in [1.82, 2.24) is 9.88 Å². The molecule has 0 spiro atoms. The van der Waals surface area contributed by atoms with Crippen molar-refractivity contribution in [1.29, 1.82) is 0 Å². The van der Waals surface area contributed by atoms with Crippen LogP contribution in [-0.2, 0) is 13.5 Å². The van der Waals surface area contributed by atoms with Crippen LogP contribution in [0.4, 0.5) is 0 Å². The van der Waals surface area contributed by atoms with Gasteiger partial charge in [-0.3, -0.25) is 0 Å². The first-order valence-corrected chi connectivity index (χ1v) is 5.98. The van der Waals surface area contributed by atoms with Crippen molar-refractivity contribution in [2.75, 3.05) is 13.1 Å². The molecule has 0 fully saturated rings. The molecule has 0 aliphatic heterocycles. The molecule has 2 aromatic rings. The van der Waals surface area contributed by atoms with Gasteiger partial charge >= 0.3 is 0 Å². The quantitative estimate of drug-likeness (QED) is 0.777. The molecular formula is C14H20N2. The Balaban J connectivity index is 2.36. The number of para-hydroxylation sites is 1. The van der Waals surface area contributed by atoms with E-state index in [2.05, 4.69) is 55.2 Å². The molecule has 1 aromatic carbocycles. The van der Waals surface area contributed by atoms with Crippen LogP contribution in [0, 0.1) is 6.92 Å². The molecule has 0 amide bonds. The molecule has 16 heavy (non-hydrogen) atoms. The maximum atomic E-state index is 3.38. The lowest BCUT2D eigenvalue weighted by Crippen LogP contribution is -2.15. The number of nitrogens with zero attached hydrogens (tertiary/aromatic N) is 1. The summed E-state index contributed by atoms with van der Waals surface area (Å²) in [6, 6.07) is 6.55. The van der Waals surface area contributed by atoms with Crippen LogP contribution >= 0.6 is 0 Å². The Bertz CT molecular complexity index is 483. The highest BCUT2D eigenvalue weighted by Crippen LogP contribution is 2.23. The van der Waals surface area contributed by atoms with Crippen LogP contribution in [0.3, 0.4) is 0 Å². The minimum atomic E-state index is 1.05. The number of benzene rings is 1. The van der Waals surface area contributed by atoms with E-state index in [-0.39, 0.29) is 0 Å². The predicted molar refractivity (Wildman–Crippen MR) is 69.9 cm³/mol. The van der Waals surface area contributed by atoms with E-state index in [0.29, 0.717) is 0 Å². The molecule has 0 aliphatic carbocycles. The number of aromatic nitrogens is 1. The van der Waals surface area contributed by atoms with Crippen LogP contribution in [0.15, 0.2) is 24.4 Å². The monoisotopic (exact) mass is 216 g/mol. The summed E-state index contributed by atoms with van der Waals surface area (Å²) in [5, 5.41) is 4.78. The predicted octanol–water partition coefficient (Wildman–Crippen LogP) is 2.64. The van der Waals surface area contributed by atoms with Gasteiger partial charge in [-0.1, -0.05) is 25.1 Å². The van der Waals surface area contributed by atoms with Crippen LogP contribution in [0.25, 0.3) is 10.9 Å². The normalized spacial score (nSPS) is 11.2. The number of fused-ring (bicyclic) bond motifs is 1. The Kier molecular flexibility index (Phi) is 3.30. The van der Waals surface area contributed by atoms with E-state index in [1.165, 1.54) is 22.0 Å². The highest BCUT2D eigenvalue weighted by molar-refractivity contribution is 5.86. The van der Waals surface area contributed by atoms with E-state index in [0.717, 1.165) is 19.5 Å². The van der Waals surface area contributed by atoms with Crippen molar-refractivity contribution in [2.45, 2.75) is 20.3 Å². The standard InChI is InChI=1S/C14H20N2/c1-4-15-9-8-12-10-16(3)14-11(2)6-5-7-13(12)14/h5-7,10,15H,4,8-9H2,1-3H3. The number of hydrogen-bond acceptors (Lipinski definition) is 1. The Hall–Kier alpha value is -1.28. The maximum Gasteiger partial charge on any atom is 0.0510 e. The van der Waals surface area contributed by atoms with Crippen LogP contribution in [-0.4, -0.2) is 17.7 Å². The average molecular weight is 216 g/mol. The molecule has 0 saturated heterocycles. The summed E-state index contributed by atoms with van der Waals surface area (Å²) in [6.45, 7) is 6.43. The fraction of sp³-hybridized carbons (Fsp3) is 0.429. The largest absolute Gasteiger partial charge is 0.350 e. The average Bonchev–Trinajstić information content (AvgIpc) is 2.58. The smallest absolute Gasteiger partial charge is 0.0510 e. The number of aryl methyl sites for hydroxylation is 2. The van der Waals surface area contributed by atoms with Gasteiger partial charge in [-0.15, -0.1) is 0 Å². The van der Waals surface area contributed by atoms with Crippen LogP contribution in [0.2, 0.25) is 0 Å². The topological polar surface area (TPSA) is 17.0 Å². The van der Waals surface area contributed by atoms with Crippen molar-refractivity contribution >= 4 is 10.9 Å². The third-order valence-corrected chi connectivity index (χ3v) is 3.11. The molecule has 1 heterocycles. The van der Waals surface area contributed by atoms with Crippen LogP contribution in [0.1, 0.15) is 18.1 Å². The molecule has 0 bridgehead atoms. The third-order valence-electron chi connectivity index (χ3n) is 3.11. The Morgan fingerprint density at radius 2 is 2.12 bits per heavy atom. The van der Waals surface area contributed by atoms with E-state index in [4.69, 9.17) is 0 Å². The summed E-state index contributed by atoms with van der Waals surface area (Å²) in [5.74, 6) is 0. The first kappa shape index (κ1) is 11.2. The van der Waals surface area contributed by atoms with Gasteiger partial charge in [-0.25, -0.2) is 0 Å². The molecule has 0 saturated carbocycles. The number of likely N-dealkylation sites (N-methyl/N-ethyl adjacent to an activating group) is 1. The Morgan fingerprint density at radius 1 is 1.31 bits per heavy atom. The zero-order valence-corrected chi connectivity index (χ0v) is 10.4. The summed E-state index contributed by atoms with van der Waals surface area (Å²) in [6.07, 6.45) is 3.36. The molecule has 0 atom stereocenters. The molecule has 2 rings (SSSR count). The van der Waals surface area contributed by atoms with Gasteiger partial charge in [-0.2, -0.15) is 0 Å². The van der Waals surface area contributed by atoms with E-state index in [1.807, 2.05) is 0 Å². The summed E-state index contributed by atoms with van der Waals surface area (Å²) < 4.78 is 2.24. The number of nitrogens with one attached hydrogen (secondary N) is 1. The first-order chi connectivity index (χ1) is 7.74. The van der Waals surface area contributed by atoms with Crippen molar-refractivity contribution in [2.24, 2.45) is 7.05 Å². The minimum Gasteiger partial charge on any atom is -0.350 e. The Morgan fingerprint density at radius 3 is 2.88 bits per heavy atom. The molecule has 0 aliphatic rings. The first-order valence-electron chi connectivity index (χ1n) is 5.98. The summed E-state index contributed by atoms with van der Waals surface area (Å²) in [7, 11) is 2.13. The molecule has 1 aromatic heterocycles. The zero-order valence-electron chi connectivity index (χ0n) is 10.4. The second-order valence-corrected chi connectivity index (χ2v) is 4.34. The van der Waals surface area contributed by atoms with Gasteiger partial charge in [0.15, 0.2) is 0 Å². The lowest BCUT2D eigenvalue weighted by atomic mass is 10.1. The van der Waals surface area contributed by atoms with Gasteiger partial charge < -0.3 is 9.88 Å². The van der Waals surface area contributed by atoms with E-state index in [1.54, 1.807) is 0 Å². The minimum absolute atomic E-state index is 1.05. The molecular weight excluding hydrogens is 196 g/mol. The summed E-state index contributed by atoms with van der Waals surface area (Å²) in [5.41, 5.74) is 4.17. The second kappa shape index (κ2) is 4.71.